The third-order valence-corrected chi connectivity index (χ3v) is 6.40. The molecule has 3 heterocycles. The molecule has 1 fully saturated rings. The Morgan fingerprint density at radius 3 is 2.75 bits per heavy atom. The maximum absolute atomic E-state index is 12.6. The number of likely N-dealkylation sites (tertiary alicyclic amines) is 1. The molecule has 0 radical (unpaired) electrons. The molecule has 5 rings (SSSR count). The molecule has 3 aromatic rings. The molecule has 2 aliphatic rings. The van der Waals surface area contributed by atoms with Gasteiger partial charge in [0.25, 0.3) is 5.91 Å². The second-order valence-corrected chi connectivity index (χ2v) is 8.85. The molecule has 8 nitrogen and oxygen atoms in total. The van der Waals surface area contributed by atoms with Crippen LogP contribution in [-0.4, -0.2) is 64.2 Å². The van der Waals surface area contributed by atoms with Crippen molar-refractivity contribution in [3.8, 4) is 23.2 Å². The number of para-hydroxylation sites is 1. The fraction of sp³-hybridized carbons (Fsp3) is 0.286. The second-order valence-electron chi connectivity index (χ2n) is 8.85. The van der Waals surface area contributed by atoms with Crippen LogP contribution in [-0.2, 0) is 16.0 Å². The number of amides is 1. The third-order valence-electron chi connectivity index (χ3n) is 6.40. The van der Waals surface area contributed by atoms with E-state index in [1.165, 1.54) is 10.5 Å². The van der Waals surface area contributed by atoms with Crippen LogP contribution in [0.4, 0.5) is 11.5 Å². The van der Waals surface area contributed by atoms with Gasteiger partial charge in [0.1, 0.15) is 5.82 Å². The highest BCUT2D eigenvalue weighted by Gasteiger charge is 2.42. The van der Waals surface area contributed by atoms with Crippen molar-refractivity contribution in [3.63, 3.8) is 0 Å². The molecule has 0 bridgehead atoms. The van der Waals surface area contributed by atoms with Crippen LogP contribution in [0.2, 0.25) is 0 Å². The average molecular weight is 483 g/mol. The van der Waals surface area contributed by atoms with Gasteiger partial charge in [0.2, 0.25) is 5.60 Å². The van der Waals surface area contributed by atoms with E-state index >= 15 is 0 Å². The first-order valence-corrected chi connectivity index (χ1v) is 11.9. The van der Waals surface area contributed by atoms with Gasteiger partial charge in [-0.25, -0.2) is 14.8 Å². The van der Waals surface area contributed by atoms with Crippen molar-refractivity contribution < 1.29 is 19.4 Å². The molecule has 1 N–H and O–H groups in total. The molecule has 0 aliphatic carbocycles. The van der Waals surface area contributed by atoms with Crippen LogP contribution in [0.5, 0.6) is 0 Å². The smallest absolute Gasteiger partial charge is 0.357 e. The van der Waals surface area contributed by atoms with Gasteiger partial charge in [-0.2, -0.15) is 0 Å². The number of hydrogen-bond acceptors (Lipinski definition) is 7. The molecule has 2 aliphatic heterocycles. The number of anilines is 2. The third kappa shape index (κ3) is 4.41. The van der Waals surface area contributed by atoms with Crippen molar-refractivity contribution >= 4 is 23.4 Å². The number of aliphatic hydroxyl groups is 1. The Morgan fingerprint density at radius 2 is 1.97 bits per heavy atom. The van der Waals surface area contributed by atoms with Gasteiger partial charge in [-0.15, -0.1) is 0 Å². The molecule has 1 saturated heterocycles. The van der Waals surface area contributed by atoms with E-state index in [0.29, 0.717) is 29.3 Å². The molecule has 2 aromatic carbocycles. The molecular formula is C28H26N4O4. The highest BCUT2D eigenvalue weighted by molar-refractivity contribution is 5.91. The summed E-state index contributed by atoms with van der Waals surface area (Å²) in [7, 11) is 1.65. The highest BCUT2D eigenvalue weighted by atomic mass is 16.5. The van der Waals surface area contributed by atoms with Crippen molar-refractivity contribution in [2.45, 2.75) is 25.4 Å². The minimum absolute atomic E-state index is 0.173. The Labute approximate surface area is 209 Å². The Morgan fingerprint density at radius 1 is 1.14 bits per heavy atom. The van der Waals surface area contributed by atoms with E-state index in [-0.39, 0.29) is 18.7 Å². The molecule has 1 amide bonds. The molecule has 1 atom stereocenters. The van der Waals surface area contributed by atoms with Crippen LogP contribution >= 0.6 is 0 Å². The molecule has 36 heavy (non-hydrogen) atoms. The predicted molar refractivity (Wildman–Crippen MR) is 135 cm³/mol. The zero-order valence-corrected chi connectivity index (χ0v) is 20.2. The van der Waals surface area contributed by atoms with E-state index < -0.39 is 17.5 Å². The molecule has 0 saturated carbocycles. The lowest BCUT2D eigenvalue weighted by Gasteiger charge is -2.19. The summed E-state index contributed by atoms with van der Waals surface area (Å²) in [6.45, 7) is 3.19. The lowest BCUT2D eigenvalue weighted by molar-refractivity contribution is -0.137. The first-order valence-electron chi connectivity index (χ1n) is 11.9. The van der Waals surface area contributed by atoms with Gasteiger partial charge in [0.05, 0.1) is 6.61 Å². The first kappa shape index (κ1) is 23.5. The van der Waals surface area contributed by atoms with Crippen LogP contribution in [0.3, 0.4) is 0 Å². The number of benzene rings is 2. The SMILES string of the molecule is CCOC(=O)c1cc(N2CCc3ccccc32)nc(-c2cccc(C#C[C@]3(O)CCN(C)C3=O)c2)n1. The number of carbonyl (C=O) groups excluding carboxylic acids is 2. The maximum Gasteiger partial charge on any atom is 0.357 e. The van der Waals surface area contributed by atoms with Gasteiger partial charge in [-0.3, -0.25) is 4.79 Å². The molecule has 0 unspecified atom stereocenters. The number of ether oxygens (including phenoxy) is 1. The lowest BCUT2D eigenvalue weighted by Crippen LogP contribution is -2.37. The largest absolute Gasteiger partial charge is 0.461 e. The van der Waals surface area contributed by atoms with Gasteiger partial charge in [0.15, 0.2) is 11.5 Å². The number of fused-ring (bicyclic) bond motifs is 1. The van der Waals surface area contributed by atoms with Crippen molar-refractivity contribution in [2.24, 2.45) is 0 Å². The van der Waals surface area contributed by atoms with Crippen LogP contribution < -0.4 is 4.90 Å². The zero-order valence-electron chi connectivity index (χ0n) is 20.2. The number of likely N-dealkylation sites (N-methyl/N-ethyl adjacent to an activating group) is 1. The van der Waals surface area contributed by atoms with Gasteiger partial charge in [-0.1, -0.05) is 42.2 Å². The first-order chi connectivity index (χ1) is 17.4. The Balaban J connectivity index is 1.53. The van der Waals surface area contributed by atoms with E-state index in [4.69, 9.17) is 9.72 Å². The monoisotopic (exact) mass is 482 g/mol. The molecule has 1 aromatic heterocycles. The summed E-state index contributed by atoms with van der Waals surface area (Å²) in [6, 6.07) is 17.0. The Hall–Kier alpha value is -4.22. The quantitative estimate of drug-likeness (QED) is 0.451. The summed E-state index contributed by atoms with van der Waals surface area (Å²) < 4.78 is 5.22. The molecular weight excluding hydrogens is 456 g/mol. The van der Waals surface area contributed by atoms with Crippen LogP contribution in [0.15, 0.2) is 54.6 Å². The highest BCUT2D eigenvalue weighted by Crippen LogP contribution is 2.34. The van der Waals surface area contributed by atoms with E-state index in [1.807, 2.05) is 24.3 Å². The standard InChI is InChI=1S/C28H26N4O4/c1-3-36-26(33)22-18-24(32-15-12-20-8-4-5-10-23(20)32)30-25(29-22)21-9-6-7-19(17-21)11-13-28(35)14-16-31(2)27(28)34/h4-10,17-18,35H,3,12,14-16H2,1-2H3/t28-/m0/s1. The van der Waals surface area contributed by atoms with Gasteiger partial charge < -0.3 is 19.6 Å². The van der Waals surface area contributed by atoms with Crippen molar-refractivity contribution in [2.75, 3.05) is 31.6 Å². The molecule has 182 valence electrons. The van der Waals surface area contributed by atoms with Crippen molar-refractivity contribution in [1.82, 2.24) is 14.9 Å². The summed E-state index contributed by atoms with van der Waals surface area (Å²) in [5.74, 6) is 5.72. The molecule has 0 spiro atoms. The topological polar surface area (TPSA) is 95.9 Å². The van der Waals surface area contributed by atoms with Crippen LogP contribution in [0, 0.1) is 11.8 Å². The summed E-state index contributed by atoms with van der Waals surface area (Å²) in [6.07, 6.45) is 1.15. The lowest BCUT2D eigenvalue weighted by atomic mass is 10.0. The molecule has 8 heteroatoms. The van der Waals surface area contributed by atoms with Crippen LogP contribution in [0.1, 0.15) is 35.0 Å². The summed E-state index contributed by atoms with van der Waals surface area (Å²) in [4.78, 5) is 37.7. The van der Waals surface area contributed by atoms with Gasteiger partial charge >= 0.3 is 5.97 Å². The Kier molecular flexibility index (Phi) is 6.17. The van der Waals surface area contributed by atoms with Crippen LogP contribution in [0.25, 0.3) is 11.4 Å². The van der Waals surface area contributed by atoms with E-state index in [2.05, 4.69) is 27.8 Å². The minimum Gasteiger partial charge on any atom is -0.461 e. The summed E-state index contributed by atoms with van der Waals surface area (Å²) in [5.41, 5.74) is 2.02. The maximum atomic E-state index is 12.6. The predicted octanol–water partition coefficient (Wildman–Crippen LogP) is 2.96. The number of esters is 1. The Bertz CT molecular complexity index is 1410. The van der Waals surface area contributed by atoms with E-state index in [1.54, 1.807) is 38.2 Å². The van der Waals surface area contributed by atoms with Gasteiger partial charge in [0, 0.05) is 49.4 Å². The van der Waals surface area contributed by atoms with E-state index in [9.17, 15) is 14.7 Å². The number of carbonyl (C=O) groups is 2. The average Bonchev–Trinajstić information content (AvgIpc) is 3.45. The van der Waals surface area contributed by atoms with E-state index in [0.717, 1.165) is 18.7 Å². The number of aromatic nitrogens is 2. The number of nitrogens with zero attached hydrogens (tertiary/aromatic N) is 4. The summed E-state index contributed by atoms with van der Waals surface area (Å²) >= 11 is 0. The number of rotatable bonds is 4. The minimum atomic E-state index is -1.68. The normalized spacial score (nSPS) is 18.6. The van der Waals surface area contributed by atoms with Crippen molar-refractivity contribution in [3.05, 3.63) is 71.4 Å². The fourth-order valence-corrected chi connectivity index (χ4v) is 4.47. The number of hydrogen-bond donors (Lipinski definition) is 1. The summed E-state index contributed by atoms with van der Waals surface area (Å²) in [5, 5.41) is 10.6. The second kappa shape index (κ2) is 9.44. The van der Waals surface area contributed by atoms with Crippen molar-refractivity contribution in [1.29, 1.82) is 0 Å². The van der Waals surface area contributed by atoms with Gasteiger partial charge in [-0.05, 0) is 37.1 Å². The fourth-order valence-electron chi connectivity index (χ4n) is 4.47. The zero-order chi connectivity index (χ0) is 25.3.